The Labute approximate surface area is 181 Å². The molecular weight excluding hydrogens is 426 g/mol. The molecule has 3 N–H and O–H groups in total. The van der Waals surface area contributed by atoms with Gasteiger partial charge in [-0.05, 0) is 30.5 Å². The molecule has 1 atom stereocenters. The summed E-state index contributed by atoms with van der Waals surface area (Å²) in [5.74, 6) is -1.23. The summed E-state index contributed by atoms with van der Waals surface area (Å²) in [4.78, 5) is 49.1. The summed E-state index contributed by atoms with van der Waals surface area (Å²) in [6, 6.07) is 5.19. The van der Waals surface area contributed by atoms with Gasteiger partial charge in [-0.3, -0.25) is 9.59 Å². The second kappa shape index (κ2) is 10.4. The molecule has 1 unspecified atom stereocenters. The molecule has 0 fully saturated rings. The van der Waals surface area contributed by atoms with Gasteiger partial charge in [0.1, 0.15) is 18.4 Å². The van der Waals surface area contributed by atoms with Crippen LogP contribution in [0.4, 0.5) is 4.79 Å². The molecule has 0 saturated carbocycles. The van der Waals surface area contributed by atoms with E-state index >= 15 is 0 Å². The summed E-state index contributed by atoms with van der Waals surface area (Å²) in [6.07, 6.45) is 1.34. The second-order valence-electron chi connectivity index (χ2n) is 6.30. The Kier molecular flexibility index (Phi) is 7.44. The standard InChI is InChI=1S/C20H21N3O7S/c1-2-28-19(26)16-12(22-20(27)23-17(16)13-5-3-9-29-13)11-30-15(24)7-8-21-18(25)14-6-4-10-31-14/h3-6,9-10,17H,2,7-8,11H2,1H3,(H,21,25)(H2,22,23,27). The van der Waals surface area contributed by atoms with Crippen molar-refractivity contribution in [3.8, 4) is 0 Å². The molecule has 1 aliphatic rings. The smallest absolute Gasteiger partial charge is 0.338 e. The van der Waals surface area contributed by atoms with Crippen molar-refractivity contribution in [1.29, 1.82) is 0 Å². The van der Waals surface area contributed by atoms with Crippen LogP contribution in [0.2, 0.25) is 0 Å². The van der Waals surface area contributed by atoms with Crippen molar-refractivity contribution in [2.45, 2.75) is 19.4 Å². The van der Waals surface area contributed by atoms with Gasteiger partial charge in [-0.2, -0.15) is 0 Å². The number of urea groups is 1. The van der Waals surface area contributed by atoms with E-state index in [2.05, 4.69) is 16.0 Å². The van der Waals surface area contributed by atoms with E-state index in [-0.39, 0.29) is 43.4 Å². The lowest BCUT2D eigenvalue weighted by Gasteiger charge is -2.27. The third-order valence-corrected chi connectivity index (χ3v) is 5.08. The van der Waals surface area contributed by atoms with Crippen LogP contribution in [0.3, 0.4) is 0 Å². The van der Waals surface area contributed by atoms with Gasteiger partial charge in [0.15, 0.2) is 0 Å². The Balaban J connectivity index is 1.64. The maximum atomic E-state index is 12.5. The lowest BCUT2D eigenvalue weighted by Crippen LogP contribution is -2.47. The topological polar surface area (TPSA) is 136 Å². The molecule has 2 aromatic rings. The van der Waals surface area contributed by atoms with E-state index in [4.69, 9.17) is 13.9 Å². The van der Waals surface area contributed by atoms with Crippen molar-refractivity contribution in [2.75, 3.05) is 19.8 Å². The van der Waals surface area contributed by atoms with Crippen molar-refractivity contribution in [2.24, 2.45) is 0 Å². The van der Waals surface area contributed by atoms with Gasteiger partial charge in [-0.1, -0.05) is 6.07 Å². The van der Waals surface area contributed by atoms with Crippen molar-refractivity contribution >= 4 is 35.2 Å². The van der Waals surface area contributed by atoms with Crippen LogP contribution >= 0.6 is 11.3 Å². The number of furan rings is 1. The van der Waals surface area contributed by atoms with Crippen LogP contribution in [0, 0.1) is 0 Å². The average molecular weight is 447 g/mol. The average Bonchev–Trinajstić information content (AvgIpc) is 3.46. The molecule has 0 aliphatic carbocycles. The normalized spacial score (nSPS) is 15.6. The maximum absolute atomic E-state index is 12.5. The molecule has 3 amide bonds. The fourth-order valence-electron chi connectivity index (χ4n) is 2.85. The van der Waals surface area contributed by atoms with E-state index in [1.54, 1.807) is 36.6 Å². The predicted molar refractivity (Wildman–Crippen MR) is 109 cm³/mol. The van der Waals surface area contributed by atoms with Crippen molar-refractivity contribution in [3.05, 3.63) is 57.8 Å². The first-order chi connectivity index (χ1) is 15.0. The van der Waals surface area contributed by atoms with Gasteiger partial charge in [0.25, 0.3) is 5.91 Å². The van der Waals surface area contributed by atoms with Crippen LogP contribution in [-0.2, 0) is 19.1 Å². The second-order valence-corrected chi connectivity index (χ2v) is 7.25. The molecule has 31 heavy (non-hydrogen) atoms. The quantitative estimate of drug-likeness (QED) is 0.499. The lowest BCUT2D eigenvalue weighted by atomic mass is 10.0. The number of carbonyl (C=O) groups excluding carboxylic acids is 4. The highest BCUT2D eigenvalue weighted by molar-refractivity contribution is 7.12. The highest BCUT2D eigenvalue weighted by Gasteiger charge is 2.35. The van der Waals surface area contributed by atoms with E-state index in [0.29, 0.717) is 10.6 Å². The van der Waals surface area contributed by atoms with Crippen molar-refractivity contribution in [3.63, 3.8) is 0 Å². The Morgan fingerprint density at radius 2 is 2.06 bits per heavy atom. The summed E-state index contributed by atoms with van der Waals surface area (Å²) in [7, 11) is 0. The zero-order valence-electron chi connectivity index (χ0n) is 16.6. The largest absolute Gasteiger partial charge is 0.467 e. The van der Waals surface area contributed by atoms with E-state index in [0.717, 1.165) is 0 Å². The number of nitrogens with one attached hydrogen (secondary N) is 3. The first-order valence-electron chi connectivity index (χ1n) is 9.48. The molecular formula is C20H21N3O7S. The summed E-state index contributed by atoms with van der Waals surface area (Å²) < 4.78 is 15.6. The number of hydrogen-bond donors (Lipinski definition) is 3. The lowest BCUT2D eigenvalue weighted by molar-refractivity contribution is -0.143. The molecule has 164 valence electrons. The molecule has 3 rings (SSSR count). The fourth-order valence-corrected chi connectivity index (χ4v) is 3.49. The molecule has 0 aromatic carbocycles. The minimum Gasteiger partial charge on any atom is -0.467 e. The number of rotatable bonds is 9. The maximum Gasteiger partial charge on any atom is 0.338 e. The fraction of sp³-hybridized carbons (Fsp3) is 0.300. The number of thiophene rings is 1. The highest BCUT2D eigenvalue weighted by Crippen LogP contribution is 2.28. The van der Waals surface area contributed by atoms with Crippen molar-refractivity contribution in [1.82, 2.24) is 16.0 Å². The molecule has 10 nitrogen and oxygen atoms in total. The van der Waals surface area contributed by atoms with Crippen LogP contribution in [0.15, 0.2) is 51.6 Å². The van der Waals surface area contributed by atoms with Gasteiger partial charge in [0.05, 0.1) is 35.4 Å². The van der Waals surface area contributed by atoms with Gasteiger partial charge in [0.2, 0.25) is 0 Å². The number of amides is 3. The summed E-state index contributed by atoms with van der Waals surface area (Å²) in [6.45, 7) is 1.51. The van der Waals surface area contributed by atoms with Gasteiger partial charge in [0, 0.05) is 6.54 Å². The van der Waals surface area contributed by atoms with Gasteiger partial charge in [-0.15, -0.1) is 11.3 Å². The molecule has 2 aromatic heterocycles. The number of esters is 2. The van der Waals surface area contributed by atoms with Crippen LogP contribution in [0.5, 0.6) is 0 Å². The van der Waals surface area contributed by atoms with Crippen LogP contribution in [-0.4, -0.2) is 43.6 Å². The number of hydrogen-bond acceptors (Lipinski definition) is 8. The Morgan fingerprint density at radius 1 is 1.23 bits per heavy atom. The number of carbonyl (C=O) groups is 4. The summed E-state index contributed by atoms with van der Waals surface area (Å²) >= 11 is 1.29. The SMILES string of the molecule is CCOC(=O)C1=C(COC(=O)CCNC(=O)c2cccs2)NC(=O)NC1c1ccco1. The van der Waals surface area contributed by atoms with Crippen molar-refractivity contribution < 1.29 is 33.1 Å². The summed E-state index contributed by atoms with van der Waals surface area (Å²) in [5.41, 5.74) is 0.176. The highest BCUT2D eigenvalue weighted by atomic mass is 32.1. The predicted octanol–water partition coefficient (Wildman–Crippen LogP) is 1.88. The van der Waals surface area contributed by atoms with Gasteiger partial charge in [-0.25, -0.2) is 9.59 Å². The zero-order chi connectivity index (χ0) is 22.2. The number of ether oxygens (including phenoxy) is 2. The van der Waals surface area contributed by atoms with Crippen LogP contribution < -0.4 is 16.0 Å². The zero-order valence-corrected chi connectivity index (χ0v) is 17.5. The molecule has 1 aliphatic heterocycles. The monoisotopic (exact) mass is 447 g/mol. The first kappa shape index (κ1) is 22.1. The Morgan fingerprint density at radius 3 is 2.74 bits per heavy atom. The van der Waals surface area contributed by atoms with Gasteiger partial charge >= 0.3 is 18.0 Å². The first-order valence-corrected chi connectivity index (χ1v) is 10.4. The molecule has 3 heterocycles. The molecule has 0 spiro atoms. The summed E-state index contributed by atoms with van der Waals surface area (Å²) in [5, 5.41) is 9.49. The third kappa shape index (κ3) is 5.72. The van der Waals surface area contributed by atoms with E-state index < -0.39 is 24.0 Å². The minimum absolute atomic E-state index is 0.0764. The van der Waals surface area contributed by atoms with E-state index in [9.17, 15) is 19.2 Å². The molecule has 11 heteroatoms. The van der Waals surface area contributed by atoms with E-state index in [1.807, 2.05) is 0 Å². The minimum atomic E-state index is -0.887. The van der Waals surface area contributed by atoms with Crippen LogP contribution in [0.25, 0.3) is 0 Å². The third-order valence-electron chi connectivity index (χ3n) is 4.21. The van der Waals surface area contributed by atoms with Crippen LogP contribution in [0.1, 0.15) is 34.8 Å². The van der Waals surface area contributed by atoms with Gasteiger partial charge < -0.3 is 29.8 Å². The van der Waals surface area contributed by atoms with E-state index in [1.165, 1.54) is 17.6 Å². The molecule has 0 saturated heterocycles. The molecule has 0 bridgehead atoms. The Bertz CT molecular complexity index is 967. The Hall–Kier alpha value is -3.60. The molecule has 0 radical (unpaired) electrons.